The SMILES string of the molecule is CCc1nccn1CCNC(=O)N(C)CCc1nc2c(C)cccc2[nH]1.O=CO.O=CO. The first-order valence-electron chi connectivity index (χ1n) is 10.0. The lowest BCUT2D eigenvalue weighted by atomic mass is 10.2. The Bertz CT molecular complexity index is 978. The monoisotopic (exact) mass is 446 g/mol. The third kappa shape index (κ3) is 8.09. The van der Waals surface area contributed by atoms with Crippen LogP contribution in [-0.2, 0) is 29.0 Å². The molecule has 0 bridgehead atoms. The molecule has 0 aliphatic rings. The number of carboxylic acid groups (broad SMARTS) is 2. The molecule has 32 heavy (non-hydrogen) atoms. The molecule has 2 amide bonds. The number of H-pyrrole nitrogens is 1. The van der Waals surface area contributed by atoms with Crippen LogP contribution in [0, 0.1) is 6.92 Å². The Morgan fingerprint density at radius 2 is 1.97 bits per heavy atom. The van der Waals surface area contributed by atoms with Crippen LogP contribution in [0.15, 0.2) is 30.6 Å². The number of imidazole rings is 2. The summed E-state index contributed by atoms with van der Waals surface area (Å²) in [5.74, 6) is 1.94. The highest BCUT2D eigenvalue weighted by Gasteiger charge is 2.10. The van der Waals surface area contributed by atoms with E-state index in [9.17, 15) is 4.79 Å². The van der Waals surface area contributed by atoms with Gasteiger partial charge < -0.3 is 30.0 Å². The molecule has 11 heteroatoms. The molecule has 11 nitrogen and oxygen atoms in total. The minimum atomic E-state index is -0.250. The van der Waals surface area contributed by atoms with Crippen LogP contribution < -0.4 is 5.32 Å². The van der Waals surface area contributed by atoms with Gasteiger partial charge in [-0.3, -0.25) is 9.59 Å². The lowest BCUT2D eigenvalue weighted by Gasteiger charge is -2.17. The predicted octanol–water partition coefficient (Wildman–Crippen LogP) is 1.92. The molecule has 0 fully saturated rings. The van der Waals surface area contributed by atoms with E-state index in [1.54, 1.807) is 18.1 Å². The average molecular weight is 447 g/mol. The largest absolute Gasteiger partial charge is 0.483 e. The van der Waals surface area contributed by atoms with Crippen molar-refractivity contribution in [3.63, 3.8) is 0 Å². The Kier molecular flexibility index (Phi) is 11.6. The minimum Gasteiger partial charge on any atom is -0.483 e. The summed E-state index contributed by atoms with van der Waals surface area (Å²) in [5.41, 5.74) is 3.20. The quantitative estimate of drug-likeness (QED) is 0.404. The van der Waals surface area contributed by atoms with Crippen molar-refractivity contribution in [1.82, 2.24) is 29.7 Å². The number of hydrogen-bond donors (Lipinski definition) is 4. The van der Waals surface area contributed by atoms with E-state index in [-0.39, 0.29) is 19.0 Å². The van der Waals surface area contributed by atoms with Crippen LogP contribution >= 0.6 is 0 Å². The van der Waals surface area contributed by atoms with Crippen LogP contribution in [-0.4, -0.2) is 73.7 Å². The number of hydrogen-bond acceptors (Lipinski definition) is 5. The molecule has 2 heterocycles. The summed E-state index contributed by atoms with van der Waals surface area (Å²) in [7, 11) is 1.80. The van der Waals surface area contributed by atoms with Crippen molar-refractivity contribution in [2.24, 2.45) is 0 Å². The number of likely N-dealkylation sites (N-methyl/N-ethyl adjacent to an activating group) is 1. The molecule has 4 N–H and O–H groups in total. The molecule has 1 aromatic carbocycles. The van der Waals surface area contributed by atoms with E-state index in [1.165, 1.54) is 0 Å². The van der Waals surface area contributed by atoms with Crippen LogP contribution in [0.1, 0.15) is 24.1 Å². The first-order chi connectivity index (χ1) is 15.4. The van der Waals surface area contributed by atoms with Gasteiger partial charge in [0.1, 0.15) is 11.6 Å². The van der Waals surface area contributed by atoms with Gasteiger partial charge in [-0.25, -0.2) is 14.8 Å². The van der Waals surface area contributed by atoms with Crippen molar-refractivity contribution in [2.45, 2.75) is 33.2 Å². The minimum absolute atomic E-state index is 0.0737. The summed E-state index contributed by atoms with van der Waals surface area (Å²) in [4.78, 5) is 42.9. The summed E-state index contributed by atoms with van der Waals surface area (Å²) in [6.45, 7) is 5.54. The van der Waals surface area contributed by atoms with Crippen molar-refractivity contribution >= 4 is 30.0 Å². The number of nitrogens with zero attached hydrogens (tertiary/aromatic N) is 4. The molecule has 0 radical (unpaired) electrons. The first-order valence-corrected chi connectivity index (χ1v) is 10.0. The molecule has 2 aromatic heterocycles. The number of carbonyl (C=O) groups excluding carboxylic acids is 1. The smallest absolute Gasteiger partial charge is 0.317 e. The highest BCUT2D eigenvalue weighted by molar-refractivity contribution is 5.78. The number of rotatable bonds is 7. The number of aromatic amines is 1. The van der Waals surface area contributed by atoms with Gasteiger partial charge in [0.2, 0.25) is 0 Å². The highest BCUT2D eigenvalue weighted by atomic mass is 16.3. The van der Waals surface area contributed by atoms with Crippen molar-refractivity contribution in [3.8, 4) is 0 Å². The van der Waals surface area contributed by atoms with E-state index in [0.717, 1.165) is 41.2 Å². The first kappa shape index (κ1) is 26.1. The Labute approximate surface area is 186 Å². The normalized spacial score (nSPS) is 9.72. The maximum atomic E-state index is 12.2. The second-order valence-electron chi connectivity index (χ2n) is 6.66. The standard InChI is InChI=1S/C19H26N6O.2CH2O2/c1-4-17-20-9-12-25(17)13-10-21-19(26)24(3)11-8-16-22-15-7-5-6-14(2)18(15)23-16;2*2-1-3/h5-7,9,12H,4,8,10-11,13H2,1-3H3,(H,21,26)(H,22,23);2*1H,(H,2,3). The summed E-state index contributed by atoms with van der Waals surface area (Å²) in [6.07, 6.45) is 5.32. The average Bonchev–Trinajstić information content (AvgIpc) is 3.40. The molecule has 0 spiro atoms. The van der Waals surface area contributed by atoms with Crippen LogP contribution in [0.2, 0.25) is 0 Å². The van der Waals surface area contributed by atoms with Crippen molar-refractivity contribution in [3.05, 3.63) is 47.8 Å². The maximum absolute atomic E-state index is 12.2. The second-order valence-corrected chi connectivity index (χ2v) is 6.66. The zero-order valence-electron chi connectivity index (χ0n) is 18.5. The van der Waals surface area contributed by atoms with E-state index in [4.69, 9.17) is 19.8 Å². The Morgan fingerprint density at radius 3 is 2.59 bits per heavy atom. The van der Waals surface area contributed by atoms with Gasteiger partial charge in [-0.1, -0.05) is 19.1 Å². The van der Waals surface area contributed by atoms with E-state index in [1.807, 2.05) is 18.3 Å². The molecule has 0 unspecified atom stereocenters. The van der Waals surface area contributed by atoms with Crippen LogP contribution in [0.4, 0.5) is 4.79 Å². The van der Waals surface area contributed by atoms with Crippen LogP contribution in [0.5, 0.6) is 0 Å². The molecule has 0 saturated heterocycles. The third-order valence-electron chi connectivity index (χ3n) is 4.54. The van der Waals surface area contributed by atoms with E-state index in [0.29, 0.717) is 19.5 Å². The lowest BCUT2D eigenvalue weighted by Crippen LogP contribution is -2.39. The number of carbonyl (C=O) groups is 3. The summed E-state index contributed by atoms with van der Waals surface area (Å²) in [5, 5.41) is 16.7. The number of amides is 2. The number of aromatic nitrogens is 4. The number of aryl methyl sites for hydroxylation is 2. The van der Waals surface area contributed by atoms with Crippen molar-refractivity contribution in [2.75, 3.05) is 20.1 Å². The predicted molar refractivity (Wildman–Crippen MR) is 120 cm³/mol. The molecule has 0 aliphatic carbocycles. The summed E-state index contributed by atoms with van der Waals surface area (Å²) in [6, 6.07) is 6.02. The van der Waals surface area contributed by atoms with Gasteiger partial charge in [0, 0.05) is 51.9 Å². The molecular weight excluding hydrogens is 416 g/mol. The highest BCUT2D eigenvalue weighted by Crippen LogP contribution is 2.15. The number of para-hydroxylation sites is 1. The Balaban J connectivity index is 0.000000769. The fraction of sp³-hybridized carbons (Fsp3) is 0.381. The van der Waals surface area contributed by atoms with Gasteiger partial charge in [0.15, 0.2) is 0 Å². The maximum Gasteiger partial charge on any atom is 0.317 e. The van der Waals surface area contributed by atoms with Crippen molar-refractivity contribution in [1.29, 1.82) is 0 Å². The summed E-state index contributed by atoms with van der Waals surface area (Å²) >= 11 is 0. The zero-order valence-corrected chi connectivity index (χ0v) is 18.5. The molecule has 3 aromatic rings. The van der Waals surface area contributed by atoms with Crippen LogP contribution in [0.3, 0.4) is 0 Å². The number of nitrogens with one attached hydrogen (secondary N) is 2. The van der Waals surface area contributed by atoms with Gasteiger partial charge >= 0.3 is 6.03 Å². The van der Waals surface area contributed by atoms with Gasteiger partial charge in [0.05, 0.1) is 11.0 Å². The molecular formula is C21H30N6O5. The van der Waals surface area contributed by atoms with E-state index < -0.39 is 0 Å². The molecule has 0 saturated carbocycles. The lowest BCUT2D eigenvalue weighted by molar-refractivity contribution is -0.123. The molecule has 174 valence electrons. The molecule has 3 rings (SSSR count). The third-order valence-corrected chi connectivity index (χ3v) is 4.54. The summed E-state index contributed by atoms with van der Waals surface area (Å²) < 4.78 is 2.07. The fourth-order valence-electron chi connectivity index (χ4n) is 3.00. The van der Waals surface area contributed by atoms with Gasteiger partial charge in [-0.15, -0.1) is 0 Å². The topological polar surface area (TPSA) is 153 Å². The van der Waals surface area contributed by atoms with Gasteiger partial charge in [0.25, 0.3) is 12.9 Å². The van der Waals surface area contributed by atoms with Gasteiger partial charge in [-0.2, -0.15) is 0 Å². The van der Waals surface area contributed by atoms with Gasteiger partial charge in [-0.05, 0) is 18.6 Å². The molecule has 0 atom stereocenters. The Morgan fingerprint density at radius 1 is 1.28 bits per heavy atom. The zero-order chi connectivity index (χ0) is 23.9. The number of fused-ring (bicyclic) bond motifs is 1. The van der Waals surface area contributed by atoms with E-state index >= 15 is 0 Å². The number of urea groups is 1. The van der Waals surface area contributed by atoms with Crippen molar-refractivity contribution < 1.29 is 24.6 Å². The van der Waals surface area contributed by atoms with E-state index in [2.05, 4.69) is 44.7 Å². The number of benzene rings is 1. The fourth-order valence-corrected chi connectivity index (χ4v) is 3.00. The Hall–Kier alpha value is -3.89. The second kappa shape index (κ2) is 14.2. The molecule has 0 aliphatic heterocycles. The van der Waals surface area contributed by atoms with Crippen LogP contribution in [0.25, 0.3) is 11.0 Å².